The Labute approximate surface area is 135 Å². The van der Waals surface area contributed by atoms with Crippen LogP contribution in [0.2, 0.25) is 0 Å². The molecule has 0 saturated heterocycles. The molecule has 0 atom stereocenters. The van der Waals surface area contributed by atoms with E-state index in [-0.39, 0.29) is 5.91 Å². The molecule has 0 spiro atoms. The average molecular weight is 317 g/mol. The van der Waals surface area contributed by atoms with Crippen molar-refractivity contribution < 1.29 is 9.32 Å². The second kappa shape index (κ2) is 6.93. The summed E-state index contributed by atoms with van der Waals surface area (Å²) >= 11 is 0. The van der Waals surface area contributed by atoms with E-state index in [1.54, 1.807) is 0 Å². The first kappa shape index (κ1) is 15.7. The second-order valence-corrected chi connectivity index (χ2v) is 6.07. The maximum atomic E-state index is 12.1. The first-order chi connectivity index (χ1) is 11.1. The monoisotopic (exact) mass is 317 g/mol. The lowest BCUT2D eigenvalue weighted by atomic mass is 10.1. The first-order valence-corrected chi connectivity index (χ1v) is 8.24. The molecule has 1 N–H and O–H groups in total. The van der Waals surface area contributed by atoms with Gasteiger partial charge in [0, 0.05) is 31.5 Å². The molecule has 0 bridgehead atoms. The van der Waals surface area contributed by atoms with E-state index in [0.717, 1.165) is 35.9 Å². The molecule has 0 unspecified atom stereocenters. The Kier molecular flexibility index (Phi) is 4.73. The van der Waals surface area contributed by atoms with E-state index in [9.17, 15) is 4.79 Å². The zero-order chi connectivity index (χ0) is 16.2. The van der Waals surface area contributed by atoms with Crippen LogP contribution in [-0.4, -0.2) is 32.4 Å². The number of carbonyl (C=O) groups is 1. The standard InChI is InChI=1S/C16H23N5O2/c1-11-13(12(2)23-20-11)10-16(22)17-8-7-15-19-18-14-6-4-3-5-9-21(14)15/h3-10H2,1-2H3,(H,17,22). The molecule has 2 aromatic heterocycles. The van der Waals surface area contributed by atoms with Crippen LogP contribution in [-0.2, 0) is 30.6 Å². The minimum absolute atomic E-state index is 0.0185. The summed E-state index contributed by atoms with van der Waals surface area (Å²) in [5.41, 5.74) is 1.65. The Morgan fingerprint density at radius 1 is 1.26 bits per heavy atom. The number of nitrogens with one attached hydrogen (secondary N) is 1. The number of hydrogen-bond acceptors (Lipinski definition) is 5. The Morgan fingerprint density at radius 2 is 2.13 bits per heavy atom. The Balaban J connectivity index is 1.52. The van der Waals surface area contributed by atoms with Gasteiger partial charge in [-0.2, -0.15) is 0 Å². The topological polar surface area (TPSA) is 85.8 Å². The molecule has 23 heavy (non-hydrogen) atoms. The highest BCUT2D eigenvalue weighted by Gasteiger charge is 2.16. The van der Waals surface area contributed by atoms with Gasteiger partial charge in [-0.1, -0.05) is 11.6 Å². The normalized spacial score (nSPS) is 14.3. The molecule has 7 nitrogen and oxygen atoms in total. The van der Waals surface area contributed by atoms with Gasteiger partial charge in [0.05, 0.1) is 12.1 Å². The molecule has 0 aliphatic carbocycles. The van der Waals surface area contributed by atoms with E-state index in [1.807, 2.05) is 13.8 Å². The minimum atomic E-state index is -0.0185. The Hall–Kier alpha value is -2.18. The second-order valence-electron chi connectivity index (χ2n) is 6.07. The van der Waals surface area contributed by atoms with E-state index in [0.29, 0.717) is 25.1 Å². The predicted octanol–water partition coefficient (Wildman–Crippen LogP) is 1.51. The predicted molar refractivity (Wildman–Crippen MR) is 84.0 cm³/mol. The smallest absolute Gasteiger partial charge is 0.224 e. The summed E-state index contributed by atoms with van der Waals surface area (Å²) in [4.78, 5) is 12.1. The van der Waals surface area contributed by atoms with Gasteiger partial charge >= 0.3 is 0 Å². The highest BCUT2D eigenvalue weighted by Crippen LogP contribution is 2.15. The van der Waals surface area contributed by atoms with Gasteiger partial charge in [-0.3, -0.25) is 4.79 Å². The fourth-order valence-corrected chi connectivity index (χ4v) is 3.02. The fourth-order valence-electron chi connectivity index (χ4n) is 3.02. The zero-order valence-electron chi connectivity index (χ0n) is 13.8. The van der Waals surface area contributed by atoms with E-state index >= 15 is 0 Å². The maximum Gasteiger partial charge on any atom is 0.224 e. The fraction of sp³-hybridized carbons (Fsp3) is 0.625. The number of hydrogen-bond donors (Lipinski definition) is 1. The van der Waals surface area contributed by atoms with Crippen LogP contribution in [0.4, 0.5) is 0 Å². The molecule has 0 aromatic carbocycles. The van der Waals surface area contributed by atoms with Gasteiger partial charge in [-0.15, -0.1) is 10.2 Å². The van der Waals surface area contributed by atoms with Crippen molar-refractivity contribution in [1.82, 2.24) is 25.2 Å². The molecule has 0 saturated carbocycles. The molecular formula is C16H23N5O2. The summed E-state index contributed by atoms with van der Waals surface area (Å²) in [7, 11) is 0. The van der Waals surface area contributed by atoms with Crippen LogP contribution in [0.5, 0.6) is 0 Å². The number of fused-ring (bicyclic) bond motifs is 1. The quantitative estimate of drug-likeness (QED) is 0.903. The maximum absolute atomic E-state index is 12.1. The third-order valence-electron chi connectivity index (χ3n) is 4.38. The number of rotatable bonds is 5. The van der Waals surface area contributed by atoms with Gasteiger partial charge in [0.25, 0.3) is 0 Å². The minimum Gasteiger partial charge on any atom is -0.361 e. The van der Waals surface area contributed by atoms with E-state index < -0.39 is 0 Å². The van der Waals surface area contributed by atoms with Gasteiger partial charge < -0.3 is 14.4 Å². The largest absolute Gasteiger partial charge is 0.361 e. The van der Waals surface area contributed by atoms with E-state index in [4.69, 9.17) is 4.52 Å². The van der Waals surface area contributed by atoms with Crippen molar-refractivity contribution in [2.45, 2.75) is 58.9 Å². The van der Waals surface area contributed by atoms with Crippen LogP contribution in [0.3, 0.4) is 0 Å². The zero-order valence-corrected chi connectivity index (χ0v) is 13.8. The lowest BCUT2D eigenvalue weighted by Gasteiger charge is -2.08. The van der Waals surface area contributed by atoms with Crippen LogP contribution in [0.25, 0.3) is 0 Å². The number of amides is 1. The summed E-state index contributed by atoms with van der Waals surface area (Å²) in [5, 5.41) is 15.4. The average Bonchev–Trinajstić information content (AvgIpc) is 2.95. The van der Waals surface area contributed by atoms with Crippen molar-refractivity contribution in [2.75, 3.05) is 6.54 Å². The third kappa shape index (κ3) is 3.60. The van der Waals surface area contributed by atoms with Crippen molar-refractivity contribution in [2.24, 2.45) is 0 Å². The molecule has 1 aliphatic heterocycles. The van der Waals surface area contributed by atoms with E-state index in [1.165, 1.54) is 19.3 Å². The summed E-state index contributed by atoms with van der Waals surface area (Å²) in [6.45, 7) is 5.24. The summed E-state index contributed by atoms with van der Waals surface area (Å²) < 4.78 is 7.30. The van der Waals surface area contributed by atoms with E-state index in [2.05, 4.69) is 25.2 Å². The highest BCUT2D eigenvalue weighted by molar-refractivity contribution is 5.78. The molecule has 7 heteroatoms. The van der Waals surface area contributed by atoms with Crippen LogP contribution < -0.4 is 5.32 Å². The van der Waals surface area contributed by atoms with Gasteiger partial charge in [-0.25, -0.2) is 0 Å². The SMILES string of the molecule is Cc1noc(C)c1CC(=O)NCCc1nnc2n1CCCCC2. The molecular weight excluding hydrogens is 294 g/mol. The molecule has 3 heterocycles. The van der Waals surface area contributed by atoms with Crippen LogP contribution in [0.15, 0.2) is 4.52 Å². The molecule has 3 rings (SSSR count). The van der Waals surface area contributed by atoms with Crippen molar-refractivity contribution in [3.05, 3.63) is 28.7 Å². The molecule has 2 aromatic rings. The molecule has 1 amide bonds. The molecule has 124 valence electrons. The molecule has 0 radical (unpaired) electrons. The van der Waals surface area contributed by atoms with Crippen molar-refractivity contribution >= 4 is 5.91 Å². The van der Waals surface area contributed by atoms with Crippen LogP contribution >= 0.6 is 0 Å². The number of aryl methyl sites for hydroxylation is 3. The Morgan fingerprint density at radius 3 is 2.91 bits per heavy atom. The molecule has 0 fully saturated rings. The number of carbonyl (C=O) groups excluding carboxylic acids is 1. The van der Waals surface area contributed by atoms with Crippen molar-refractivity contribution in [1.29, 1.82) is 0 Å². The lowest BCUT2D eigenvalue weighted by molar-refractivity contribution is -0.120. The third-order valence-corrected chi connectivity index (χ3v) is 4.38. The van der Waals surface area contributed by atoms with Crippen LogP contribution in [0.1, 0.15) is 47.9 Å². The van der Waals surface area contributed by atoms with Crippen LogP contribution in [0, 0.1) is 13.8 Å². The Bertz CT molecular complexity index is 669. The summed E-state index contributed by atoms with van der Waals surface area (Å²) in [5.74, 6) is 2.74. The van der Waals surface area contributed by atoms with Gasteiger partial charge in [0.2, 0.25) is 5.91 Å². The first-order valence-electron chi connectivity index (χ1n) is 8.24. The van der Waals surface area contributed by atoms with Crippen molar-refractivity contribution in [3.8, 4) is 0 Å². The summed E-state index contributed by atoms with van der Waals surface area (Å²) in [6, 6.07) is 0. The number of aromatic nitrogens is 4. The highest BCUT2D eigenvalue weighted by atomic mass is 16.5. The summed E-state index contributed by atoms with van der Waals surface area (Å²) in [6.07, 6.45) is 5.63. The lowest BCUT2D eigenvalue weighted by Crippen LogP contribution is -2.28. The van der Waals surface area contributed by atoms with Gasteiger partial charge in [-0.05, 0) is 26.7 Å². The van der Waals surface area contributed by atoms with Gasteiger partial charge in [0.1, 0.15) is 17.4 Å². The molecule has 1 aliphatic rings. The van der Waals surface area contributed by atoms with Crippen molar-refractivity contribution in [3.63, 3.8) is 0 Å². The number of nitrogens with zero attached hydrogens (tertiary/aromatic N) is 4. The van der Waals surface area contributed by atoms with Gasteiger partial charge in [0.15, 0.2) is 0 Å².